The van der Waals surface area contributed by atoms with E-state index in [1.807, 2.05) is 12.1 Å². The fourth-order valence-electron chi connectivity index (χ4n) is 3.11. The Hall–Kier alpha value is -2.56. The molecule has 0 radical (unpaired) electrons. The SMILES string of the molecule is O=c1c2nccnc2ncn1C1CCCc2ccccc21. The highest BCUT2D eigenvalue weighted by Gasteiger charge is 2.23. The third-order valence-electron chi connectivity index (χ3n) is 4.09. The minimum atomic E-state index is -0.116. The average Bonchev–Trinajstić information content (AvgIpc) is 2.55. The molecule has 2 heterocycles. The third-order valence-corrected chi connectivity index (χ3v) is 4.09. The van der Waals surface area contributed by atoms with E-state index in [9.17, 15) is 4.79 Å². The second-order valence-electron chi connectivity index (χ2n) is 5.29. The van der Waals surface area contributed by atoms with Gasteiger partial charge in [-0.2, -0.15) is 0 Å². The van der Waals surface area contributed by atoms with Gasteiger partial charge in [0, 0.05) is 12.4 Å². The number of rotatable bonds is 1. The summed E-state index contributed by atoms with van der Waals surface area (Å²) in [7, 11) is 0. The molecule has 0 saturated carbocycles. The molecule has 1 atom stereocenters. The van der Waals surface area contributed by atoms with Crippen molar-refractivity contribution in [2.75, 3.05) is 0 Å². The normalized spacial score (nSPS) is 17.6. The molecular weight excluding hydrogens is 264 g/mol. The van der Waals surface area contributed by atoms with Crippen molar-refractivity contribution in [3.8, 4) is 0 Å². The van der Waals surface area contributed by atoms with Gasteiger partial charge in [0.05, 0.1) is 6.04 Å². The molecule has 0 amide bonds. The quantitative estimate of drug-likeness (QED) is 0.684. The average molecular weight is 278 g/mol. The van der Waals surface area contributed by atoms with Crippen LogP contribution in [0.4, 0.5) is 0 Å². The van der Waals surface area contributed by atoms with Crippen molar-refractivity contribution in [2.45, 2.75) is 25.3 Å². The first-order valence-electron chi connectivity index (χ1n) is 7.10. The lowest BCUT2D eigenvalue weighted by Gasteiger charge is -2.26. The van der Waals surface area contributed by atoms with Crippen LogP contribution in [0.5, 0.6) is 0 Å². The molecule has 5 heteroatoms. The summed E-state index contributed by atoms with van der Waals surface area (Å²) in [6.07, 6.45) is 7.78. The lowest BCUT2D eigenvalue weighted by atomic mass is 9.87. The van der Waals surface area contributed by atoms with Crippen molar-refractivity contribution in [1.29, 1.82) is 0 Å². The Kier molecular flexibility index (Phi) is 2.77. The van der Waals surface area contributed by atoms with E-state index in [2.05, 4.69) is 27.1 Å². The third kappa shape index (κ3) is 1.93. The first-order chi connectivity index (χ1) is 10.3. The van der Waals surface area contributed by atoms with E-state index in [1.54, 1.807) is 17.1 Å². The van der Waals surface area contributed by atoms with Gasteiger partial charge in [-0.3, -0.25) is 9.36 Å². The molecule has 5 nitrogen and oxygen atoms in total. The highest BCUT2D eigenvalue weighted by atomic mass is 16.1. The number of aryl methyl sites for hydroxylation is 1. The monoisotopic (exact) mass is 278 g/mol. The highest BCUT2D eigenvalue weighted by molar-refractivity contribution is 5.67. The van der Waals surface area contributed by atoms with Crippen LogP contribution >= 0.6 is 0 Å². The summed E-state index contributed by atoms with van der Waals surface area (Å²) < 4.78 is 1.70. The summed E-state index contributed by atoms with van der Waals surface area (Å²) in [5.74, 6) is 0. The van der Waals surface area contributed by atoms with Gasteiger partial charge in [-0.05, 0) is 30.4 Å². The summed E-state index contributed by atoms with van der Waals surface area (Å²) >= 11 is 0. The molecule has 0 fully saturated rings. The Morgan fingerprint density at radius 3 is 2.90 bits per heavy atom. The predicted octanol–water partition coefficient (Wildman–Crippen LogP) is 2.11. The van der Waals surface area contributed by atoms with E-state index >= 15 is 0 Å². The second kappa shape index (κ2) is 4.77. The number of benzene rings is 1. The minimum Gasteiger partial charge on any atom is -0.290 e. The van der Waals surface area contributed by atoms with Crippen molar-refractivity contribution in [3.63, 3.8) is 0 Å². The lowest BCUT2D eigenvalue weighted by molar-refractivity contribution is 0.475. The maximum Gasteiger partial charge on any atom is 0.282 e. The molecule has 0 bridgehead atoms. The zero-order chi connectivity index (χ0) is 14.2. The van der Waals surface area contributed by atoms with Gasteiger partial charge in [-0.1, -0.05) is 24.3 Å². The second-order valence-corrected chi connectivity index (χ2v) is 5.29. The molecule has 4 rings (SSSR count). The summed E-state index contributed by atoms with van der Waals surface area (Å²) in [6, 6.07) is 8.36. The molecule has 1 aliphatic carbocycles. The predicted molar refractivity (Wildman–Crippen MR) is 79.1 cm³/mol. The van der Waals surface area contributed by atoms with Crippen molar-refractivity contribution >= 4 is 11.2 Å². The Balaban J connectivity index is 1.92. The molecule has 0 N–H and O–H groups in total. The van der Waals surface area contributed by atoms with Gasteiger partial charge < -0.3 is 0 Å². The maximum atomic E-state index is 12.7. The Bertz CT molecular complexity index is 871. The molecule has 21 heavy (non-hydrogen) atoms. The van der Waals surface area contributed by atoms with Crippen LogP contribution < -0.4 is 5.56 Å². The highest BCUT2D eigenvalue weighted by Crippen LogP contribution is 2.31. The van der Waals surface area contributed by atoms with Crippen molar-refractivity contribution in [3.05, 3.63) is 64.5 Å². The van der Waals surface area contributed by atoms with Crippen LogP contribution in [0.1, 0.15) is 30.0 Å². The van der Waals surface area contributed by atoms with Crippen LogP contribution in [0.3, 0.4) is 0 Å². The van der Waals surface area contributed by atoms with E-state index in [0.29, 0.717) is 11.2 Å². The molecule has 0 saturated heterocycles. The Morgan fingerprint density at radius 1 is 1.10 bits per heavy atom. The maximum absolute atomic E-state index is 12.7. The smallest absolute Gasteiger partial charge is 0.282 e. The fourth-order valence-corrected chi connectivity index (χ4v) is 3.11. The van der Waals surface area contributed by atoms with Gasteiger partial charge in [0.15, 0.2) is 11.2 Å². The van der Waals surface area contributed by atoms with Gasteiger partial charge >= 0.3 is 0 Å². The molecule has 2 aromatic heterocycles. The number of fused-ring (bicyclic) bond motifs is 2. The number of nitrogens with zero attached hydrogens (tertiary/aromatic N) is 4. The summed E-state index contributed by atoms with van der Waals surface area (Å²) in [5.41, 5.74) is 3.16. The van der Waals surface area contributed by atoms with Gasteiger partial charge in [-0.15, -0.1) is 0 Å². The molecule has 0 aliphatic heterocycles. The van der Waals surface area contributed by atoms with Crippen molar-refractivity contribution in [2.24, 2.45) is 0 Å². The first kappa shape index (κ1) is 12.2. The van der Waals surface area contributed by atoms with E-state index in [4.69, 9.17) is 0 Å². The zero-order valence-corrected chi connectivity index (χ0v) is 11.4. The number of hydrogen-bond acceptors (Lipinski definition) is 4. The fraction of sp³-hybridized carbons (Fsp3) is 0.250. The van der Waals surface area contributed by atoms with Crippen molar-refractivity contribution < 1.29 is 0 Å². The van der Waals surface area contributed by atoms with Crippen LogP contribution in [0, 0.1) is 0 Å². The van der Waals surface area contributed by atoms with Crippen LogP contribution in [0.25, 0.3) is 11.2 Å². The molecular formula is C16H14N4O. The van der Waals surface area contributed by atoms with Crippen molar-refractivity contribution in [1.82, 2.24) is 19.5 Å². The van der Waals surface area contributed by atoms with Gasteiger partial charge in [0.1, 0.15) is 6.33 Å². The largest absolute Gasteiger partial charge is 0.290 e. The van der Waals surface area contributed by atoms with E-state index in [1.165, 1.54) is 17.3 Å². The Morgan fingerprint density at radius 2 is 1.95 bits per heavy atom. The van der Waals surface area contributed by atoms with E-state index in [0.717, 1.165) is 19.3 Å². The molecule has 0 spiro atoms. The lowest BCUT2D eigenvalue weighted by Crippen LogP contribution is -2.29. The standard InChI is InChI=1S/C16H14N4O/c21-16-14-15(18-9-8-17-14)19-10-20(16)13-7-3-5-11-4-1-2-6-12(11)13/h1-2,4,6,8-10,13H,3,5,7H2. The molecule has 104 valence electrons. The van der Waals surface area contributed by atoms with E-state index in [-0.39, 0.29) is 11.6 Å². The van der Waals surface area contributed by atoms with Gasteiger partial charge in [0.2, 0.25) is 0 Å². The Labute approximate surface area is 121 Å². The summed E-state index contributed by atoms with van der Waals surface area (Å²) in [4.78, 5) is 25.2. The number of hydrogen-bond donors (Lipinski definition) is 0. The molecule has 1 aliphatic rings. The van der Waals surface area contributed by atoms with Crippen LogP contribution in [0.15, 0.2) is 47.8 Å². The summed E-state index contributed by atoms with van der Waals surface area (Å²) in [6.45, 7) is 0. The molecule has 1 unspecified atom stereocenters. The molecule has 3 aromatic rings. The van der Waals surface area contributed by atoms with Gasteiger partial charge in [0.25, 0.3) is 5.56 Å². The first-order valence-corrected chi connectivity index (χ1v) is 7.10. The summed E-state index contributed by atoms with van der Waals surface area (Å²) in [5, 5.41) is 0. The van der Waals surface area contributed by atoms with Gasteiger partial charge in [-0.25, -0.2) is 15.0 Å². The topological polar surface area (TPSA) is 60.7 Å². The minimum absolute atomic E-state index is 0.0429. The van der Waals surface area contributed by atoms with E-state index < -0.39 is 0 Å². The van der Waals surface area contributed by atoms with Crippen LogP contribution in [-0.2, 0) is 6.42 Å². The van der Waals surface area contributed by atoms with Crippen LogP contribution in [0.2, 0.25) is 0 Å². The zero-order valence-electron chi connectivity index (χ0n) is 11.4. The molecule has 1 aromatic carbocycles. The number of aromatic nitrogens is 4. The van der Waals surface area contributed by atoms with Crippen LogP contribution in [-0.4, -0.2) is 19.5 Å².